The second-order valence-corrected chi connectivity index (χ2v) is 12.1. The van der Waals surface area contributed by atoms with Gasteiger partial charge in [-0.25, -0.2) is 0 Å². The van der Waals surface area contributed by atoms with Gasteiger partial charge in [-0.05, 0) is 80.7 Å². The molecule has 2 aliphatic heterocycles. The zero-order chi connectivity index (χ0) is 34.3. The van der Waals surface area contributed by atoms with Crippen LogP contribution in [0.5, 0.6) is 5.75 Å². The van der Waals surface area contributed by atoms with E-state index >= 15 is 0 Å². The first-order chi connectivity index (χ1) is 23.8. The van der Waals surface area contributed by atoms with Crippen LogP contribution >= 0.6 is 0 Å². The Morgan fingerprint density at radius 3 is 1.67 bits per heavy atom. The van der Waals surface area contributed by atoms with Gasteiger partial charge in [-0.1, -0.05) is 54.6 Å². The van der Waals surface area contributed by atoms with Gasteiger partial charge in [-0.2, -0.15) is 0 Å². The number of amides is 4. The van der Waals surface area contributed by atoms with E-state index in [1.807, 2.05) is 30.3 Å². The van der Waals surface area contributed by atoms with Gasteiger partial charge in [0.1, 0.15) is 12.4 Å². The van der Waals surface area contributed by atoms with Crippen molar-refractivity contribution in [3.8, 4) is 5.75 Å². The fraction of sp³-hybridized carbons (Fsp3) is 0.263. The van der Waals surface area contributed by atoms with Crippen molar-refractivity contribution in [3.05, 3.63) is 141 Å². The minimum atomic E-state index is -0.403. The van der Waals surface area contributed by atoms with Crippen LogP contribution in [0.1, 0.15) is 71.8 Å². The number of ether oxygens (including phenoxy) is 1. The van der Waals surface area contributed by atoms with Crippen molar-refractivity contribution in [2.45, 2.75) is 32.3 Å². The Balaban J connectivity index is 1.08. The molecule has 0 N–H and O–H groups in total. The number of rotatable bonds is 16. The molecule has 0 bridgehead atoms. The van der Waals surface area contributed by atoms with Crippen molar-refractivity contribution >= 4 is 29.3 Å². The molecule has 11 heteroatoms. The quantitative estimate of drug-likeness (QED) is 0.0640. The van der Waals surface area contributed by atoms with Crippen LogP contribution in [-0.2, 0) is 13.0 Å². The molecule has 49 heavy (non-hydrogen) atoms. The third-order valence-corrected chi connectivity index (χ3v) is 8.92. The molecule has 0 atom stereocenters. The molecule has 0 spiro atoms. The van der Waals surface area contributed by atoms with E-state index in [0.717, 1.165) is 5.56 Å². The van der Waals surface area contributed by atoms with E-state index in [2.05, 4.69) is 4.90 Å². The van der Waals surface area contributed by atoms with Crippen LogP contribution < -0.4 is 4.74 Å². The molecule has 0 fully saturated rings. The van der Waals surface area contributed by atoms with Crippen LogP contribution in [0.4, 0.5) is 5.69 Å². The summed E-state index contributed by atoms with van der Waals surface area (Å²) in [5, 5.41) is 12.0. The van der Waals surface area contributed by atoms with Crippen LogP contribution in [0.25, 0.3) is 0 Å². The number of fused-ring (bicyclic) bond motifs is 2. The van der Waals surface area contributed by atoms with Crippen LogP contribution in [0.15, 0.2) is 97.1 Å². The van der Waals surface area contributed by atoms with E-state index in [0.29, 0.717) is 85.5 Å². The molecule has 2 heterocycles. The van der Waals surface area contributed by atoms with Crippen molar-refractivity contribution in [2.24, 2.45) is 0 Å². The fourth-order valence-electron chi connectivity index (χ4n) is 6.31. The van der Waals surface area contributed by atoms with Crippen molar-refractivity contribution < 1.29 is 28.8 Å². The minimum absolute atomic E-state index is 0.0258. The van der Waals surface area contributed by atoms with Gasteiger partial charge in [-0.3, -0.25) is 39.1 Å². The average Bonchev–Trinajstić information content (AvgIpc) is 3.51. The maximum absolute atomic E-state index is 12.9. The van der Waals surface area contributed by atoms with Gasteiger partial charge in [0, 0.05) is 25.2 Å². The standard InChI is InChI=1S/C38H36N4O7/c43-35-30-13-4-5-14-31(30)36(44)40(35)22-9-8-20-39(21-10-23-41-37(45)32-15-6-7-16-33(32)38(41)46)24-19-28-17-18-29(25-34(28)42(47)48)49-26-27-11-2-1-3-12-27/h1-7,11-18,25H,8-10,19-24,26H2. The Morgan fingerprint density at radius 2 is 1.12 bits per heavy atom. The van der Waals surface area contributed by atoms with Gasteiger partial charge < -0.3 is 9.64 Å². The van der Waals surface area contributed by atoms with Gasteiger partial charge >= 0.3 is 0 Å². The molecule has 2 aliphatic rings. The second kappa shape index (κ2) is 15.0. The first kappa shape index (κ1) is 33.2. The first-order valence-electron chi connectivity index (χ1n) is 16.4. The molecule has 6 rings (SSSR count). The largest absolute Gasteiger partial charge is 0.489 e. The predicted octanol–water partition coefficient (Wildman–Crippen LogP) is 5.78. The number of nitro groups is 1. The smallest absolute Gasteiger partial charge is 0.276 e. The summed E-state index contributed by atoms with van der Waals surface area (Å²) in [6.45, 7) is 2.43. The highest BCUT2D eigenvalue weighted by Crippen LogP contribution is 2.27. The Labute approximate surface area is 283 Å². The zero-order valence-electron chi connectivity index (χ0n) is 27.0. The molecule has 0 unspecified atom stereocenters. The normalized spacial score (nSPS) is 13.7. The van der Waals surface area contributed by atoms with Crippen molar-refractivity contribution in [1.29, 1.82) is 0 Å². The molecule has 4 amide bonds. The lowest BCUT2D eigenvalue weighted by Crippen LogP contribution is -2.35. The second-order valence-electron chi connectivity index (χ2n) is 12.1. The summed E-state index contributed by atoms with van der Waals surface area (Å²) in [7, 11) is 0. The zero-order valence-corrected chi connectivity index (χ0v) is 27.0. The third-order valence-electron chi connectivity index (χ3n) is 8.92. The molecular formula is C38H36N4O7. The number of nitrogens with zero attached hydrogens (tertiary/aromatic N) is 4. The molecule has 4 aromatic carbocycles. The summed E-state index contributed by atoms with van der Waals surface area (Å²) in [6.07, 6.45) is 2.14. The highest BCUT2D eigenvalue weighted by Gasteiger charge is 2.35. The number of benzene rings is 4. The lowest BCUT2D eigenvalue weighted by atomic mass is 10.1. The molecule has 0 saturated carbocycles. The average molecular weight is 661 g/mol. The summed E-state index contributed by atoms with van der Waals surface area (Å²) in [5.41, 5.74) is 3.13. The third kappa shape index (κ3) is 7.42. The van der Waals surface area contributed by atoms with Crippen LogP contribution in [-0.4, -0.2) is 76.0 Å². The fourth-order valence-corrected chi connectivity index (χ4v) is 6.31. The highest BCUT2D eigenvalue weighted by atomic mass is 16.6. The number of carbonyl (C=O) groups excluding carboxylic acids is 4. The van der Waals surface area contributed by atoms with Crippen molar-refractivity contribution in [2.75, 3.05) is 32.7 Å². The number of hydrogen-bond acceptors (Lipinski definition) is 8. The molecule has 11 nitrogen and oxygen atoms in total. The van der Waals surface area contributed by atoms with Crippen molar-refractivity contribution in [3.63, 3.8) is 0 Å². The number of imide groups is 2. The summed E-state index contributed by atoms with van der Waals surface area (Å²) < 4.78 is 5.82. The number of hydrogen-bond donors (Lipinski definition) is 0. The Morgan fingerprint density at radius 1 is 0.612 bits per heavy atom. The van der Waals surface area contributed by atoms with Crippen LogP contribution in [0.2, 0.25) is 0 Å². The van der Waals surface area contributed by atoms with Gasteiger partial charge in [0.05, 0.1) is 33.2 Å². The van der Waals surface area contributed by atoms with Crippen LogP contribution in [0.3, 0.4) is 0 Å². The number of carbonyl (C=O) groups is 4. The SMILES string of the molecule is O=C1c2ccccc2C(=O)N1CCCCN(CCCN1C(=O)c2ccccc2C1=O)CCc1ccc(OCc2ccccc2)cc1[N+](=O)[O-]. The van der Waals surface area contributed by atoms with E-state index in [1.165, 1.54) is 15.9 Å². The van der Waals surface area contributed by atoms with Gasteiger partial charge in [-0.15, -0.1) is 0 Å². The van der Waals surface area contributed by atoms with E-state index in [4.69, 9.17) is 4.74 Å². The van der Waals surface area contributed by atoms with Gasteiger partial charge in [0.2, 0.25) is 0 Å². The lowest BCUT2D eigenvalue weighted by molar-refractivity contribution is -0.385. The minimum Gasteiger partial charge on any atom is -0.489 e. The Kier molecular flexibility index (Phi) is 10.2. The van der Waals surface area contributed by atoms with Crippen molar-refractivity contribution in [1.82, 2.24) is 14.7 Å². The van der Waals surface area contributed by atoms with Crippen LogP contribution in [0, 0.1) is 10.1 Å². The Hall–Kier alpha value is -5.68. The molecule has 0 saturated heterocycles. The highest BCUT2D eigenvalue weighted by molar-refractivity contribution is 6.22. The molecule has 4 aromatic rings. The first-order valence-corrected chi connectivity index (χ1v) is 16.4. The summed E-state index contributed by atoms with van der Waals surface area (Å²) in [5.74, 6) is -0.786. The van der Waals surface area contributed by atoms with Gasteiger partial charge in [0.25, 0.3) is 29.3 Å². The molecule has 0 aromatic heterocycles. The maximum Gasteiger partial charge on any atom is 0.276 e. The Bertz CT molecular complexity index is 1820. The molecule has 0 radical (unpaired) electrons. The molecule has 250 valence electrons. The van der Waals surface area contributed by atoms with E-state index in [1.54, 1.807) is 60.7 Å². The molecule has 0 aliphatic carbocycles. The molecular weight excluding hydrogens is 624 g/mol. The summed E-state index contributed by atoms with van der Waals surface area (Å²) >= 11 is 0. The van der Waals surface area contributed by atoms with E-state index < -0.39 is 4.92 Å². The number of nitro benzene ring substituents is 1. The maximum atomic E-state index is 12.9. The van der Waals surface area contributed by atoms with E-state index in [9.17, 15) is 29.3 Å². The predicted molar refractivity (Wildman–Crippen MR) is 181 cm³/mol. The lowest BCUT2D eigenvalue weighted by Gasteiger charge is -2.24. The summed E-state index contributed by atoms with van der Waals surface area (Å²) in [4.78, 5) is 67.7. The summed E-state index contributed by atoms with van der Waals surface area (Å²) in [6, 6.07) is 28.0. The van der Waals surface area contributed by atoms with E-state index in [-0.39, 0.29) is 42.4 Å². The van der Waals surface area contributed by atoms with Gasteiger partial charge in [0.15, 0.2) is 0 Å². The topological polar surface area (TPSA) is 130 Å². The number of unbranched alkanes of at least 4 members (excludes halogenated alkanes) is 1. The monoisotopic (exact) mass is 660 g/mol.